The van der Waals surface area contributed by atoms with Crippen LogP contribution in [0.3, 0.4) is 0 Å². The number of carboxylic acid groups (broad SMARTS) is 1. The minimum Gasteiger partial charge on any atom is -0.477 e. The van der Waals surface area contributed by atoms with Gasteiger partial charge in [0.15, 0.2) is 5.13 Å². The Balaban J connectivity index is 1.53. The number of nitrogens with one attached hydrogen (secondary N) is 4. The van der Waals surface area contributed by atoms with Crippen LogP contribution in [-0.2, 0) is 21.4 Å². The predicted molar refractivity (Wildman–Crippen MR) is 146 cm³/mol. The number of hydrogen-bond acceptors (Lipinski definition) is 11. The fourth-order valence-electron chi connectivity index (χ4n) is 3.49. The Morgan fingerprint density at radius 1 is 1.21 bits per heavy atom. The molecule has 0 bridgehead atoms. The van der Waals surface area contributed by atoms with Gasteiger partial charge in [-0.3, -0.25) is 14.8 Å². The van der Waals surface area contributed by atoms with E-state index in [1.165, 1.54) is 0 Å². The summed E-state index contributed by atoms with van der Waals surface area (Å²) in [6.45, 7) is 6.40. The summed E-state index contributed by atoms with van der Waals surface area (Å²) >= 11 is 0.979. The molecule has 202 valence electrons. The van der Waals surface area contributed by atoms with Crippen molar-refractivity contribution in [2.24, 2.45) is 0 Å². The highest BCUT2D eigenvalue weighted by molar-refractivity contribution is 7.93. The van der Waals surface area contributed by atoms with Crippen LogP contribution in [-0.4, -0.2) is 65.2 Å². The number of rotatable bonds is 10. The summed E-state index contributed by atoms with van der Waals surface area (Å²) in [6, 6.07) is 8.70. The van der Waals surface area contributed by atoms with Gasteiger partial charge < -0.3 is 20.6 Å². The molecule has 15 heteroatoms. The van der Waals surface area contributed by atoms with Crippen LogP contribution in [0, 0.1) is 6.92 Å². The first-order valence-corrected chi connectivity index (χ1v) is 14.1. The number of carbonyl (C=O) groups is 2. The van der Waals surface area contributed by atoms with E-state index in [9.17, 15) is 23.1 Å². The highest BCUT2D eigenvalue weighted by atomic mass is 32.2. The molecule has 0 atom stereocenters. The van der Waals surface area contributed by atoms with E-state index in [0.29, 0.717) is 47.8 Å². The van der Waals surface area contributed by atoms with E-state index in [4.69, 9.17) is 0 Å². The maximum Gasteiger partial charge on any atom is 0.347 e. The molecule has 3 aromatic rings. The van der Waals surface area contributed by atoms with Gasteiger partial charge in [-0.15, -0.1) is 0 Å². The molecule has 0 unspecified atom stereocenters. The number of amides is 1. The Morgan fingerprint density at radius 3 is 2.58 bits per heavy atom. The molecular weight excluding hydrogens is 532 g/mol. The third kappa shape index (κ3) is 6.66. The minimum atomic E-state index is -3.43. The molecule has 0 spiro atoms. The summed E-state index contributed by atoms with van der Waals surface area (Å²) in [5, 5.41) is 18.1. The molecule has 38 heavy (non-hydrogen) atoms. The van der Waals surface area contributed by atoms with Crippen LogP contribution in [0.15, 0.2) is 30.3 Å². The van der Waals surface area contributed by atoms with Crippen LogP contribution >= 0.6 is 11.3 Å². The number of aromatic nitrogens is 3. The van der Waals surface area contributed by atoms with E-state index >= 15 is 0 Å². The number of aryl methyl sites for hydroxylation is 1. The Bertz CT molecular complexity index is 1440. The number of anilines is 5. The number of hydrogen-bond donors (Lipinski definition) is 5. The Kier molecular flexibility index (Phi) is 7.97. The fraction of sp³-hybridized carbons (Fsp3) is 0.348. The van der Waals surface area contributed by atoms with Crippen LogP contribution in [0.4, 0.5) is 28.4 Å². The van der Waals surface area contributed by atoms with E-state index in [1.54, 1.807) is 51.1 Å². The average molecular weight is 561 g/mol. The molecule has 1 aromatic carbocycles. The van der Waals surface area contributed by atoms with Crippen molar-refractivity contribution >= 4 is 61.6 Å². The maximum absolute atomic E-state index is 12.1. The number of piperazine rings is 1. The van der Waals surface area contributed by atoms with Gasteiger partial charge in [0.25, 0.3) is 0 Å². The third-order valence-electron chi connectivity index (χ3n) is 5.59. The number of carbonyl (C=O) groups excluding carboxylic acids is 1. The van der Waals surface area contributed by atoms with Gasteiger partial charge in [0, 0.05) is 31.4 Å². The molecule has 1 fully saturated rings. The van der Waals surface area contributed by atoms with Gasteiger partial charge in [-0.05, 0) is 38.5 Å². The van der Waals surface area contributed by atoms with E-state index in [1.807, 2.05) is 4.90 Å². The van der Waals surface area contributed by atoms with Crippen molar-refractivity contribution in [3.8, 4) is 0 Å². The smallest absolute Gasteiger partial charge is 0.347 e. The lowest BCUT2D eigenvalue weighted by Crippen LogP contribution is -2.48. The topological polar surface area (TPSA) is 179 Å². The van der Waals surface area contributed by atoms with Crippen molar-refractivity contribution in [1.82, 2.24) is 20.3 Å². The second kappa shape index (κ2) is 11.2. The summed E-state index contributed by atoms with van der Waals surface area (Å²) in [5.74, 6) is 0.00563. The second-order valence-electron chi connectivity index (χ2n) is 8.82. The van der Waals surface area contributed by atoms with Crippen molar-refractivity contribution in [2.75, 3.05) is 39.9 Å². The molecule has 0 radical (unpaired) electrons. The molecule has 0 aliphatic carbocycles. The van der Waals surface area contributed by atoms with Gasteiger partial charge in [-0.1, -0.05) is 23.5 Å². The van der Waals surface area contributed by atoms with Crippen molar-refractivity contribution in [1.29, 1.82) is 0 Å². The van der Waals surface area contributed by atoms with Crippen LogP contribution in [0.2, 0.25) is 0 Å². The Labute approximate surface area is 223 Å². The predicted octanol–water partition coefficient (Wildman–Crippen LogP) is 2.38. The zero-order valence-corrected chi connectivity index (χ0v) is 22.6. The summed E-state index contributed by atoms with van der Waals surface area (Å²) < 4.78 is 26.7. The zero-order chi connectivity index (χ0) is 27.4. The van der Waals surface area contributed by atoms with Crippen LogP contribution in [0.1, 0.15) is 34.8 Å². The van der Waals surface area contributed by atoms with Crippen LogP contribution < -0.4 is 25.6 Å². The molecule has 2 aromatic heterocycles. The first kappa shape index (κ1) is 27.1. The molecular formula is C23H28N8O5S2. The summed E-state index contributed by atoms with van der Waals surface area (Å²) in [6.07, 6.45) is 0. The molecule has 5 N–H and O–H groups in total. The monoisotopic (exact) mass is 560 g/mol. The van der Waals surface area contributed by atoms with Crippen molar-refractivity contribution in [3.05, 3.63) is 46.5 Å². The lowest BCUT2D eigenvalue weighted by molar-refractivity contribution is -0.120. The molecule has 3 heterocycles. The van der Waals surface area contributed by atoms with Crippen molar-refractivity contribution < 1.29 is 23.1 Å². The van der Waals surface area contributed by atoms with Crippen molar-refractivity contribution in [2.45, 2.75) is 32.6 Å². The molecule has 1 aliphatic heterocycles. The quantitative estimate of drug-likeness (QED) is 0.246. The zero-order valence-electron chi connectivity index (χ0n) is 21.0. The summed E-state index contributed by atoms with van der Waals surface area (Å²) in [7, 11) is -3.43. The average Bonchev–Trinajstić information content (AvgIpc) is 3.23. The van der Waals surface area contributed by atoms with Gasteiger partial charge in [-0.2, -0.15) is 9.97 Å². The third-order valence-corrected chi connectivity index (χ3v) is 8.42. The van der Waals surface area contributed by atoms with Gasteiger partial charge >= 0.3 is 5.97 Å². The van der Waals surface area contributed by atoms with E-state index < -0.39 is 21.2 Å². The lowest BCUT2D eigenvalue weighted by atomic mass is 10.2. The number of sulfonamides is 1. The molecule has 1 saturated heterocycles. The van der Waals surface area contributed by atoms with Gasteiger partial charge in [-0.25, -0.2) is 18.2 Å². The number of nitrogens with zero attached hydrogens (tertiary/aromatic N) is 4. The SMILES string of the molecule is Cc1nc(Nc2nc(NCc3ccc(NS(=O)(=O)C(C)C)cc3)cc(N3CCNC(=O)C3)n2)sc1C(=O)O. The van der Waals surface area contributed by atoms with E-state index in [2.05, 4.69) is 35.6 Å². The van der Waals surface area contributed by atoms with Crippen molar-refractivity contribution in [3.63, 3.8) is 0 Å². The Morgan fingerprint density at radius 2 is 1.95 bits per heavy atom. The highest BCUT2D eigenvalue weighted by Gasteiger charge is 2.21. The normalized spacial score (nSPS) is 13.8. The standard InChI is InChI=1S/C23H28N8O5S2/c1-13(2)38(35,36)30-16-6-4-15(5-7-16)11-25-17-10-18(31-9-8-24-19(32)12-31)28-22(27-17)29-23-26-14(3)20(37-23)21(33)34/h4-7,10,13,30H,8-9,11-12H2,1-3H3,(H,24,32)(H,33,34)(H2,25,26,27,28,29). The molecule has 4 rings (SSSR count). The number of carboxylic acids is 1. The molecule has 0 saturated carbocycles. The van der Waals surface area contributed by atoms with Crippen LogP contribution in [0.25, 0.3) is 0 Å². The van der Waals surface area contributed by atoms with Gasteiger partial charge in [0.1, 0.15) is 16.5 Å². The first-order chi connectivity index (χ1) is 18.0. The number of aromatic carboxylic acids is 1. The molecule has 13 nitrogen and oxygen atoms in total. The Hall–Kier alpha value is -3.98. The molecule has 1 amide bonds. The molecule has 1 aliphatic rings. The maximum atomic E-state index is 12.1. The minimum absolute atomic E-state index is 0.117. The first-order valence-electron chi connectivity index (χ1n) is 11.7. The fourth-order valence-corrected chi connectivity index (χ4v) is 4.99. The number of thiazole rings is 1. The largest absolute Gasteiger partial charge is 0.477 e. The van der Waals surface area contributed by atoms with E-state index in [0.717, 1.165) is 16.9 Å². The summed E-state index contributed by atoms with van der Waals surface area (Å²) in [5.41, 5.74) is 1.73. The number of benzene rings is 1. The highest BCUT2D eigenvalue weighted by Crippen LogP contribution is 2.27. The van der Waals surface area contributed by atoms with Gasteiger partial charge in [0.2, 0.25) is 21.9 Å². The summed E-state index contributed by atoms with van der Waals surface area (Å²) in [4.78, 5) is 38.5. The van der Waals surface area contributed by atoms with E-state index in [-0.39, 0.29) is 23.3 Å². The van der Waals surface area contributed by atoms with Gasteiger partial charge in [0.05, 0.1) is 17.5 Å². The van der Waals surface area contributed by atoms with Crippen LogP contribution in [0.5, 0.6) is 0 Å². The second-order valence-corrected chi connectivity index (χ2v) is 12.1. The lowest BCUT2D eigenvalue weighted by Gasteiger charge is -2.28.